The van der Waals surface area contributed by atoms with Crippen LogP contribution in [0.2, 0.25) is 0 Å². The van der Waals surface area contributed by atoms with Crippen LogP contribution in [0.15, 0.2) is 160 Å². The molecule has 0 spiro atoms. The Hall–Kier alpha value is -11.7. The number of amides is 8. The number of likely N-dealkylation sites (tertiary alicyclic amines) is 4. The van der Waals surface area contributed by atoms with Crippen molar-refractivity contribution in [3.05, 3.63) is 203 Å². The predicted molar refractivity (Wildman–Crippen MR) is 567 cm³/mol. The number of hydrogen-bond donors (Lipinski definition) is 9. The van der Waals surface area contributed by atoms with Gasteiger partial charge in [0, 0.05) is 137 Å². The van der Waals surface area contributed by atoms with Gasteiger partial charge in [0.2, 0.25) is 47.3 Å². The van der Waals surface area contributed by atoms with Crippen molar-refractivity contribution in [2.75, 3.05) is 80.8 Å². The van der Waals surface area contributed by atoms with E-state index in [0.29, 0.717) is 68.8 Å². The zero-order valence-corrected chi connectivity index (χ0v) is 88.1. The Bertz CT molecular complexity index is 6670. The molecule has 6 aromatic carbocycles. The Balaban J connectivity index is 0.000000145. The van der Waals surface area contributed by atoms with Gasteiger partial charge in [-0.1, -0.05) is 105 Å². The number of thiazole rings is 4. The molecule has 0 aliphatic carbocycles. The predicted octanol–water partition coefficient (Wildman–Crippen LogP) is 15.2. The van der Waals surface area contributed by atoms with E-state index in [-0.39, 0.29) is 118 Å². The van der Waals surface area contributed by atoms with Crippen LogP contribution in [0.5, 0.6) is 0 Å². The summed E-state index contributed by atoms with van der Waals surface area (Å²) in [6.07, 6.45) is 12.4. The second-order valence-corrected chi connectivity index (χ2v) is 42.6. The van der Waals surface area contributed by atoms with Gasteiger partial charge in [-0.25, -0.2) is 28.7 Å². The summed E-state index contributed by atoms with van der Waals surface area (Å²) in [7, 11) is 8.62. The van der Waals surface area contributed by atoms with Gasteiger partial charge in [0.25, 0.3) is 5.56 Å². The normalized spacial score (nSPS) is 19.2. The molecule has 0 bridgehead atoms. The number of pyridine rings is 2. The fourth-order valence-corrected chi connectivity index (χ4v) is 23.8. The average Bonchev–Trinajstić information content (AvgIpc) is 1.71. The molecule has 0 radical (unpaired) electrons. The lowest BCUT2D eigenvalue weighted by molar-refractivity contribution is -0.144. The highest BCUT2D eigenvalue weighted by atomic mass is 32.1. The summed E-state index contributed by atoms with van der Waals surface area (Å²) in [5, 5.41) is 51.1. The molecule has 6 fully saturated rings. The summed E-state index contributed by atoms with van der Waals surface area (Å²) in [6.45, 7) is 21.0. The Morgan fingerprint density at radius 3 is 1.16 bits per heavy atom. The number of nitrogens with one attached hydrogen (secondary N) is 8. The first-order valence-corrected chi connectivity index (χ1v) is 54.0. The van der Waals surface area contributed by atoms with E-state index in [1.54, 1.807) is 125 Å². The number of rotatable bonds is 29. The second-order valence-electron chi connectivity index (χ2n) is 39.0. The minimum absolute atomic E-state index is 0.00647. The summed E-state index contributed by atoms with van der Waals surface area (Å²) in [5.41, 5.74) is 7.33. The van der Waals surface area contributed by atoms with E-state index in [9.17, 15) is 57.0 Å². The summed E-state index contributed by atoms with van der Waals surface area (Å²) >= 11 is 6.13. The van der Waals surface area contributed by atoms with Gasteiger partial charge in [0.15, 0.2) is 0 Å². The van der Waals surface area contributed by atoms with Crippen LogP contribution in [0.1, 0.15) is 189 Å². The number of benzene rings is 6. The van der Waals surface area contributed by atoms with Crippen LogP contribution in [0, 0.1) is 36.3 Å². The molecule has 13 atom stereocenters. The summed E-state index contributed by atoms with van der Waals surface area (Å²) in [4.78, 5) is 150. The fourth-order valence-electron chi connectivity index (χ4n) is 19.9. The lowest BCUT2D eigenvalue weighted by Gasteiger charge is -2.35. The Morgan fingerprint density at radius 2 is 0.766 bits per heavy atom. The first-order valence-electron chi connectivity index (χ1n) is 50.4. The number of aromatic nitrogens is 6. The number of aryl methyl sites for hydroxylation is 2. The number of likely N-dealkylation sites (N-methyl/N-ethyl adjacent to an activating group) is 4. The van der Waals surface area contributed by atoms with E-state index in [0.717, 1.165) is 181 Å². The highest BCUT2D eigenvalue weighted by Crippen LogP contribution is 2.45. The summed E-state index contributed by atoms with van der Waals surface area (Å²) in [5.74, 6) is -1.72. The molecular weight excluding hydrogens is 1920 g/mol. The van der Waals surface area contributed by atoms with Crippen LogP contribution in [-0.2, 0) is 54.9 Å². The number of carbonyl (C=O) groups is 8. The van der Waals surface area contributed by atoms with Crippen molar-refractivity contribution >= 4 is 136 Å². The van der Waals surface area contributed by atoms with E-state index in [2.05, 4.69) is 65.0 Å². The Morgan fingerprint density at radius 1 is 0.428 bits per heavy atom. The Kier molecular flexibility index (Phi) is 36.2. The molecule has 145 heavy (non-hydrogen) atoms. The van der Waals surface area contributed by atoms with Crippen LogP contribution in [0.25, 0.3) is 88.2 Å². The highest BCUT2D eigenvalue weighted by molar-refractivity contribution is 7.11. The van der Waals surface area contributed by atoms with Crippen LogP contribution in [0.3, 0.4) is 0 Å². The van der Waals surface area contributed by atoms with Gasteiger partial charge in [0.05, 0.1) is 82.2 Å². The van der Waals surface area contributed by atoms with Crippen LogP contribution < -0.4 is 48.1 Å². The molecule has 9 N–H and O–H groups in total. The van der Waals surface area contributed by atoms with E-state index in [1.165, 1.54) is 48.7 Å². The van der Waals surface area contributed by atoms with Crippen molar-refractivity contribution in [3.8, 4) is 45.0 Å². The third-order valence-corrected chi connectivity index (χ3v) is 32.9. The van der Waals surface area contributed by atoms with E-state index in [4.69, 9.17) is 29.4 Å². The van der Waals surface area contributed by atoms with Gasteiger partial charge >= 0.3 is 0 Å². The first kappa shape index (κ1) is 108. The molecule has 770 valence electrons. The molecule has 6 aromatic heterocycles. The largest absolute Gasteiger partial charge is 0.388 e. The number of carbonyl (C=O) groups excluding carboxylic acids is 8. The topological polar surface area (TPSA) is 371 Å². The van der Waals surface area contributed by atoms with Crippen LogP contribution in [0.4, 0.5) is 8.78 Å². The fraction of sp³-hybridized carbons (Fsp3) is 0.468. The maximum Gasteiger partial charge on any atom is 0.258 e. The molecule has 8 amide bonds. The number of fused-ring (bicyclic) bond motifs is 4. The number of halogens is 2. The standard InChI is InChI=1S/C28H35N5O4S.C28H35N5O3S.C27H33FN4O2S.C26H31FN4O3S/c1-17(29-2)25(34)31-24(18-10-13-37-14-11-18)28(36)33-12-6-9-23(33)26-30-22(16-38-26)21-15-32(3)27(35)20-8-5-4-7-19(20)21;1-17-15-21(20-7-4-5-8-22(20)30-17)23-16-37-27(31-23)24-9-6-12-33(24)28(35)25(19-10-13-36-14-11-19)32-26(34)18(2)29-3;1-5-16(2)24(31-25(33)17(3)29-4)27(34)32-14-8-11-23(32)26-30-22(15-35-26)20-12-13-21(28)19-10-7-6-9-18(19)20;1-15(28-4)23(32)30-22(26(2,3)34)25(33)31-13-7-10-21(31)24-29-20(14-35-24)18-11-12-19(27)17-9-6-5-8-16(17)18/h4-5,7-8,15-18,23-24,29H,6,9-14H2,1-3H3,(H,31,34);4-5,7-8,15-16,18-19,24-25,29H,6,9-14H2,1-3H3,(H,32,34);6-7,9-10,12-13,15-17,23-24,29H,5,8,11,14H2,1-4H3,(H,31,33);5-6,8-9,11-12,14-15,21-22,28,34H,7,10,13H2,1-4H3,(H,30,32)/t17-,23-,24-;18-,24-,25-;16-,17+,23+,24+;15-,21-,22+/m0010/s1. The third kappa shape index (κ3) is 24.6. The molecule has 0 unspecified atom stereocenters. The first-order chi connectivity index (χ1) is 69.8. The second kappa shape index (κ2) is 48.8. The minimum Gasteiger partial charge on any atom is -0.388 e. The van der Waals surface area contributed by atoms with Gasteiger partial charge in [0.1, 0.15) is 55.8 Å². The van der Waals surface area contributed by atoms with Crippen molar-refractivity contribution < 1.29 is 61.7 Å². The van der Waals surface area contributed by atoms with Gasteiger partial charge in [-0.15, -0.1) is 45.3 Å². The Labute approximate surface area is 860 Å². The third-order valence-electron chi connectivity index (χ3n) is 29.1. The zero-order chi connectivity index (χ0) is 103. The highest BCUT2D eigenvalue weighted by Gasteiger charge is 2.47. The van der Waals surface area contributed by atoms with Gasteiger partial charge in [-0.2, -0.15) is 0 Å². The average molecular weight is 2050 g/mol. The number of hydrogen-bond acceptors (Lipinski definition) is 25. The minimum atomic E-state index is -1.45. The van der Waals surface area contributed by atoms with Crippen molar-refractivity contribution in [2.45, 2.75) is 224 Å². The molecule has 6 aliphatic rings. The van der Waals surface area contributed by atoms with Crippen molar-refractivity contribution in [1.82, 2.24) is 91.6 Å². The molecular formula is C109H134F2N18O12S4. The van der Waals surface area contributed by atoms with Gasteiger partial charge < -0.3 is 81.3 Å². The maximum absolute atomic E-state index is 14.3. The maximum atomic E-state index is 14.3. The molecule has 30 nitrogen and oxygen atoms in total. The monoisotopic (exact) mass is 2050 g/mol. The molecule has 12 aromatic rings. The molecule has 6 saturated heterocycles. The van der Waals surface area contributed by atoms with E-state index < -0.39 is 41.9 Å². The summed E-state index contributed by atoms with van der Waals surface area (Å²) < 4.78 is 41.3. The van der Waals surface area contributed by atoms with Crippen LogP contribution in [-0.4, -0.2) is 236 Å². The van der Waals surface area contributed by atoms with Crippen molar-refractivity contribution in [2.24, 2.45) is 24.8 Å². The van der Waals surface area contributed by atoms with Gasteiger partial charge in [-0.3, -0.25) is 48.1 Å². The zero-order valence-electron chi connectivity index (χ0n) is 84.8. The molecule has 6 aliphatic heterocycles. The van der Waals surface area contributed by atoms with Crippen LogP contribution >= 0.6 is 45.3 Å². The van der Waals surface area contributed by atoms with E-state index >= 15 is 0 Å². The molecule has 18 rings (SSSR count). The summed E-state index contributed by atoms with van der Waals surface area (Å²) in [6, 6.07) is 33.9. The van der Waals surface area contributed by atoms with Crippen molar-refractivity contribution in [3.63, 3.8) is 0 Å². The smallest absolute Gasteiger partial charge is 0.258 e. The lowest BCUT2D eigenvalue weighted by Crippen LogP contribution is -2.60. The van der Waals surface area contributed by atoms with E-state index in [1.807, 2.05) is 131 Å². The quantitative estimate of drug-likeness (QED) is 0.0210. The number of ether oxygens (including phenoxy) is 2. The number of aliphatic hydroxyl groups is 1. The van der Waals surface area contributed by atoms with Crippen molar-refractivity contribution in [1.29, 1.82) is 0 Å². The van der Waals surface area contributed by atoms with Gasteiger partial charge in [-0.05, 0) is 230 Å². The molecule has 0 saturated carbocycles. The number of nitrogens with zero attached hydrogens (tertiary/aromatic N) is 10. The SMILES string of the molecule is CC[C@@H](C)[C@H](NC(=O)[C@H](C)NC)C(=O)N1CCC[C@H]1c1nc(-c2ccc(F)c3ccccc23)cs1.CN[C@@H](C)C(=O)N[C@H](C(=O)N1CCC[C@H]1c1nc(-c2cc(C)nc3ccccc23)cs1)C1CCOCC1.CN[C@@H](C)C(=O)N[C@H](C(=O)N1CCC[C@H]1c1nc(-c2ccc(F)c3ccccc23)cs1)C(C)(C)O.CN[C@@H](C)C(=O)N[C@H](C(=O)N1CCC[C@H]1c1nc(-c2cn(C)c(=O)c3ccccc23)cs1)C1CCOCC1. The molecule has 36 heteroatoms. The lowest BCUT2D eigenvalue weighted by atomic mass is 9.90. The molecule has 12 heterocycles. The number of para-hydroxylation sites is 1.